The molecule has 0 fully saturated rings. The molecule has 0 saturated heterocycles. The summed E-state index contributed by atoms with van der Waals surface area (Å²) in [6.45, 7) is 3.29. The van der Waals surface area contributed by atoms with Crippen molar-refractivity contribution in [3.05, 3.63) is 24.3 Å². The van der Waals surface area contributed by atoms with Crippen LogP contribution in [0.4, 0.5) is 5.69 Å². The first-order chi connectivity index (χ1) is 8.99. The van der Waals surface area contributed by atoms with E-state index in [1.165, 1.54) is 0 Å². The number of anilines is 1. The molecule has 1 rings (SSSR count). The van der Waals surface area contributed by atoms with Crippen molar-refractivity contribution in [2.45, 2.75) is 19.4 Å². The highest BCUT2D eigenvalue weighted by molar-refractivity contribution is 5.94. The quantitative estimate of drug-likeness (QED) is 0.748. The van der Waals surface area contributed by atoms with Crippen molar-refractivity contribution in [3.63, 3.8) is 0 Å². The van der Waals surface area contributed by atoms with Crippen molar-refractivity contribution in [1.29, 1.82) is 0 Å². The Morgan fingerprint density at radius 2 is 2.05 bits per heavy atom. The number of halogens is 2. The van der Waals surface area contributed by atoms with Crippen LogP contribution in [0.5, 0.6) is 5.75 Å². The Labute approximate surface area is 139 Å². The summed E-state index contributed by atoms with van der Waals surface area (Å²) in [6, 6.07) is 6.81. The lowest BCUT2D eigenvalue weighted by Crippen LogP contribution is -2.32. The number of nitrogens with two attached hydrogens (primary N) is 1. The van der Waals surface area contributed by atoms with Gasteiger partial charge < -0.3 is 20.7 Å². The van der Waals surface area contributed by atoms with Gasteiger partial charge in [0.25, 0.3) is 0 Å². The van der Waals surface area contributed by atoms with Gasteiger partial charge in [0.15, 0.2) is 0 Å². The summed E-state index contributed by atoms with van der Waals surface area (Å²) in [5, 5.41) is 2.74. The Bertz CT molecular complexity index is 415. The van der Waals surface area contributed by atoms with Gasteiger partial charge in [-0.3, -0.25) is 4.79 Å². The maximum absolute atomic E-state index is 11.5. The van der Waals surface area contributed by atoms with Gasteiger partial charge in [0, 0.05) is 18.3 Å². The highest BCUT2D eigenvalue weighted by Gasteiger charge is 2.07. The molecule has 0 radical (unpaired) electrons. The number of hydrogen-bond donors (Lipinski definition) is 2. The predicted octanol–water partition coefficient (Wildman–Crippen LogP) is 2.15. The van der Waals surface area contributed by atoms with Gasteiger partial charge in [-0.15, -0.1) is 24.8 Å². The minimum atomic E-state index is -0.523. The zero-order valence-corrected chi connectivity index (χ0v) is 14.3. The number of nitrogens with one attached hydrogen (secondary N) is 1. The van der Waals surface area contributed by atoms with E-state index < -0.39 is 6.04 Å². The van der Waals surface area contributed by atoms with Crippen LogP contribution in [0.15, 0.2) is 24.3 Å². The molecule has 0 aliphatic carbocycles. The largest absolute Gasteiger partial charge is 0.493 e. The predicted molar refractivity (Wildman–Crippen MR) is 91.9 cm³/mol. The molecule has 0 heterocycles. The summed E-state index contributed by atoms with van der Waals surface area (Å²) in [5.74, 6) is 0.547. The third-order valence-electron chi connectivity index (χ3n) is 2.53. The molecule has 5 nitrogen and oxygen atoms in total. The Hall–Kier alpha value is -1.01. The average Bonchev–Trinajstić information content (AvgIpc) is 2.35. The number of benzene rings is 1. The van der Waals surface area contributed by atoms with Crippen LogP contribution in [-0.2, 0) is 4.79 Å². The molecule has 1 unspecified atom stereocenters. The molecule has 122 valence electrons. The minimum absolute atomic E-state index is 0. The first-order valence-corrected chi connectivity index (χ1v) is 6.43. The molecule has 1 aromatic rings. The van der Waals surface area contributed by atoms with E-state index in [9.17, 15) is 4.79 Å². The van der Waals surface area contributed by atoms with Crippen molar-refractivity contribution >= 4 is 36.4 Å². The van der Waals surface area contributed by atoms with Gasteiger partial charge in [-0.2, -0.15) is 0 Å². The number of rotatable bonds is 7. The number of hydrogen-bond acceptors (Lipinski definition) is 4. The number of ether oxygens (including phenoxy) is 1. The lowest BCUT2D eigenvalue weighted by Gasteiger charge is -2.12. The van der Waals surface area contributed by atoms with Crippen LogP contribution < -0.4 is 15.8 Å². The third-order valence-corrected chi connectivity index (χ3v) is 2.53. The SMILES string of the molecule is CC(N)C(=O)Nc1cccc(OCCCN(C)C)c1.Cl.Cl. The number of carbonyl (C=O) groups excluding carboxylic acids is 1. The fourth-order valence-electron chi connectivity index (χ4n) is 1.49. The van der Waals surface area contributed by atoms with Crippen LogP contribution in [0.3, 0.4) is 0 Å². The summed E-state index contributed by atoms with van der Waals surface area (Å²) < 4.78 is 5.63. The summed E-state index contributed by atoms with van der Waals surface area (Å²) in [5.41, 5.74) is 6.20. The van der Waals surface area contributed by atoms with Crippen molar-refractivity contribution in [2.24, 2.45) is 5.73 Å². The van der Waals surface area contributed by atoms with E-state index in [4.69, 9.17) is 10.5 Å². The van der Waals surface area contributed by atoms with Crippen molar-refractivity contribution in [1.82, 2.24) is 4.90 Å². The molecule has 0 bridgehead atoms. The Morgan fingerprint density at radius 1 is 1.38 bits per heavy atom. The smallest absolute Gasteiger partial charge is 0.241 e. The van der Waals surface area contributed by atoms with Gasteiger partial charge in [0.05, 0.1) is 12.6 Å². The van der Waals surface area contributed by atoms with E-state index in [1.54, 1.807) is 13.0 Å². The summed E-state index contributed by atoms with van der Waals surface area (Å²) >= 11 is 0. The molecule has 0 aliphatic rings. The van der Waals surface area contributed by atoms with E-state index in [1.807, 2.05) is 32.3 Å². The van der Waals surface area contributed by atoms with E-state index in [-0.39, 0.29) is 30.7 Å². The Balaban J connectivity index is 0. The third kappa shape index (κ3) is 9.52. The van der Waals surface area contributed by atoms with Crippen molar-refractivity contribution in [2.75, 3.05) is 32.6 Å². The second-order valence-electron chi connectivity index (χ2n) is 4.81. The topological polar surface area (TPSA) is 67.6 Å². The lowest BCUT2D eigenvalue weighted by atomic mass is 10.2. The molecular weight excluding hydrogens is 313 g/mol. The molecule has 0 spiro atoms. The van der Waals surface area contributed by atoms with Gasteiger partial charge in [-0.05, 0) is 39.6 Å². The van der Waals surface area contributed by atoms with Crippen LogP contribution in [0.1, 0.15) is 13.3 Å². The maximum atomic E-state index is 11.5. The molecule has 7 heteroatoms. The van der Waals surface area contributed by atoms with Crippen molar-refractivity contribution in [3.8, 4) is 5.75 Å². The van der Waals surface area contributed by atoms with Gasteiger partial charge in [0.2, 0.25) is 5.91 Å². The molecule has 21 heavy (non-hydrogen) atoms. The molecule has 0 aromatic heterocycles. The van der Waals surface area contributed by atoms with Crippen molar-refractivity contribution < 1.29 is 9.53 Å². The van der Waals surface area contributed by atoms with E-state index >= 15 is 0 Å². The number of amides is 1. The first-order valence-electron chi connectivity index (χ1n) is 6.43. The average molecular weight is 338 g/mol. The Morgan fingerprint density at radius 3 is 2.62 bits per heavy atom. The minimum Gasteiger partial charge on any atom is -0.493 e. The molecule has 0 saturated carbocycles. The van der Waals surface area contributed by atoms with E-state index in [0.717, 1.165) is 18.7 Å². The molecule has 3 N–H and O–H groups in total. The lowest BCUT2D eigenvalue weighted by molar-refractivity contribution is -0.117. The molecule has 0 aliphatic heterocycles. The zero-order valence-electron chi connectivity index (χ0n) is 12.7. The molecule has 1 atom stereocenters. The molecule has 1 amide bonds. The van der Waals surface area contributed by atoms with Crippen LogP contribution in [-0.4, -0.2) is 44.1 Å². The van der Waals surface area contributed by atoms with E-state index in [2.05, 4.69) is 10.2 Å². The van der Waals surface area contributed by atoms with Crippen LogP contribution in [0, 0.1) is 0 Å². The monoisotopic (exact) mass is 337 g/mol. The fraction of sp³-hybridized carbons (Fsp3) is 0.500. The number of carbonyl (C=O) groups is 1. The summed E-state index contributed by atoms with van der Waals surface area (Å²) in [7, 11) is 4.06. The van der Waals surface area contributed by atoms with Gasteiger partial charge in [-0.25, -0.2) is 0 Å². The van der Waals surface area contributed by atoms with Gasteiger partial charge >= 0.3 is 0 Å². The summed E-state index contributed by atoms with van der Waals surface area (Å²) in [4.78, 5) is 13.6. The van der Waals surface area contributed by atoms with Crippen LogP contribution >= 0.6 is 24.8 Å². The molecular formula is C14H25Cl2N3O2. The van der Waals surface area contributed by atoms with Gasteiger partial charge in [0.1, 0.15) is 5.75 Å². The zero-order chi connectivity index (χ0) is 14.3. The second kappa shape index (κ2) is 11.6. The highest BCUT2D eigenvalue weighted by atomic mass is 35.5. The van der Waals surface area contributed by atoms with Gasteiger partial charge in [-0.1, -0.05) is 6.07 Å². The second-order valence-corrected chi connectivity index (χ2v) is 4.81. The summed E-state index contributed by atoms with van der Waals surface area (Å²) in [6.07, 6.45) is 0.962. The first kappa shape index (κ1) is 22.3. The fourth-order valence-corrected chi connectivity index (χ4v) is 1.49. The standard InChI is InChI=1S/C14H23N3O2.2ClH/c1-11(15)14(18)16-12-6-4-7-13(10-12)19-9-5-8-17(2)3;;/h4,6-7,10-11H,5,8-9,15H2,1-3H3,(H,16,18);2*1H. The van der Waals surface area contributed by atoms with Crippen LogP contribution in [0.25, 0.3) is 0 Å². The maximum Gasteiger partial charge on any atom is 0.241 e. The van der Waals surface area contributed by atoms with E-state index in [0.29, 0.717) is 12.3 Å². The van der Waals surface area contributed by atoms with Crippen LogP contribution in [0.2, 0.25) is 0 Å². The normalized spacial score (nSPS) is 11.1. The molecule has 1 aromatic carbocycles. The Kier molecular flexibility index (Phi) is 12.3. The highest BCUT2D eigenvalue weighted by Crippen LogP contribution is 2.17. The number of nitrogens with zero attached hydrogens (tertiary/aromatic N) is 1.